The smallest absolute Gasteiger partial charge is 0.287 e. The molecule has 2 heterocycles. The molecule has 1 N–H and O–H groups in total. The number of aliphatic imine (C=N–C) groups is 1. The van der Waals surface area contributed by atoms with Crippen LogP contribution in [-0.2, 0) is 13.0 Å². The van der Waals surface area contributed by atoms with Gasteiger partial charge in [0.25, 0.3) is 5.91 Å². The number of benzene rings is 1. The van der Waals surface area contributed by atoms with E-state index in [4.69, 9.17) is 21.0 Å². The number of amides is 1. The van der Waals surface area contributed by atoms with Gasteiger partial charge < -0.3 is 9.73 Å². The highest BCUT2D eigenvalue weighted by Crippen LogP contribution is 2.47. The third-order valence-corrected chi connectivity index (χ3v) is 6.24. The molecule has 0 bridgehead atoms. The van der Waals surface area contributed by atoms with Crippen molar-refractivity contribution in [2.75, 3.05) is 0 Å². The number of furan rings is 1. The molecule has 1 aromatic heterocycles. The van der Waals surface area contributed by atoms with Crippen molar-refractivity contribution in [3.63, 3.8) is 0 Å². The van der Waals surface area contributed by atoms with Crippen molar-refractivity contribution in [2.24, 2.45) is 4.99 Å². The average molecular weight is 375 g/mol. The molecule has 1 aromatic carbocycles. The SMILES string of the molecule is CC1=N[C@@H]2c3c(oc(C(=O)NCc4cccc(Cl)c4)c3C)CC[C@@H]2S1. The van der Waals surface area contributed by atoms with Crippen molar-refractivity contribution < 1.29 is 9.21 Å². The summed E-state index contributed by atoms with van der Waals surface area (Å²) in [5, 5.41) is 5.19. The summed E-state index contributed by atoms with van der Waals surface area (Å²) in [6.07, 6.45) is 1.91. The van der Waals surface area contributed by atoms with Gasteiger partial charge in [0.15, 0.2) is 5.76 Å². The largest absolute Gasteiger partial charge is 0.455 e. The summed E-state index contributed by atoms with van der Waals surface area (Å²) in [7, 11) is 0. The van der Waals surface area contributed by atoms with Crippen LogP contribution in [0.2, 0.25) is 5.02 Å². The zero-order chi connectivity index (χ0) is 17.6. The average Bonchev–Trinajstić information content (AvgIpc) is 3.12. The van der Waals surface area contributed by atoms with Crippen LogP contribution in [0.3, 0.4) is 0 Å². The molecule has 2 aromatic rings. The van der Waals surface area contributed by atoms with Gasteiger partial charge >= 0.3 is 0 Å². The van der Waals surface area contributed by atoms with Crippen LogP contribution in [0.1, 0.15) is 52.4 Å². The number of thioether (sulfide) groups is 1. The summed E-state index contributed by atoms with van der Waals surface area (Å²) in [6, 6.07) is 7.60. The molecule has 2 aliphatic rings. The molecule has 1 aliphatic carbocycles. The lowest BCUT2D eigenvalue weighted by Crippen LogP contribution is -2.23. The maximum absolute atomic E-state index is 12.6. The number of hydrogen-bond donors (Lipinski definition) is 1. The molecular weight excluding hydrogens is 356 g/mol. The van der Waals surface area contributed by atoms with Gasteiger partial charge in [-0.05, 0) is 38.0 Å². The van der Waals surface area contributed by atoms with Gasteiger partial charge in [0.05, 0.1) is 11.1 Å². The van der Waals surface area contributed by atoms with E-state index in [1.54, 1.807) is 0 Å². The first-order valence-corrected chi connectivity index (χ1v) is 9.64. The Morgan fingerprint density at radius 3 is 3.08 bits per heavy atom. The summed E-state index contributed by atoms with van der Waals surface area (Å²) in [4.78, 5) is 17.4. The van der Waals surface area contributed by atoms with Gasteiger partial charge in [-0.15, -0.1) is 11.8 Å². The highest BCUT2D eigenvalue weighted by molar-refractivity contribution is 8.14. The van der Waals surface area contributed by atoms with E-state index in [2.05, 4.69) is 12.2 Å². The number of nitrogens with one attached hydrogen (secondary N) is 1. The van der Waals surface area contributed by atoms with Crippen LogP contribution in [0.15, 0.2) is 33.7 Å². The Labute approximate surface area is 156 Å². The highest BCUT2D eigenvalue weighted by atomic mass is 35.5. The van der Waals surface area contributed by atoms with E-state index in [0.29, 0.717) is 22.6 Å². The van der Waals surface area contributed by atoms with Gasteiger partial charge in [-0.3, -0.25) is 9.79 Å². The third-order valence-electron chi connectivity index (χ3n) is 4.77. The van der Waals surface area contributed by atoms with E-state index >= 15 is 0 Å². The summed E-state index contributed by atoms with van der Waals surface area (Å²) >= 11 is 7.83. The van der Waals surface area contributed by atoms with Gasteiger partial charge in [-0.2, -0.15) is 0 Å². The maximum atomic E-state index is 12.6. The van der Waals surface area contributed by atoms with Crippen molar-refractivity contribution in [1.82, 2.24) is 5.32 Å². The Kier molecular flexibility index (Phi) is 4.38. The molecule has 4 rings (SSSR count). The van der Waals surface area contributed by atoms with Crippen LogP contribution in [0.4, 0.5) is 0 Å². The second kappa shape index (κ2) is 6.54. The topological polar surface area (TPSA) is 54.6 Å². The van der Waals surface area contributed by atoms with Gasteiger partial charge in [0.1, 0.15) is 5.76 Å². The van der Waals surface area contributed by atoms with Crippen molar-refractivity contribution in [3.05, 3.63) is 57.5 Å². The number of hydrogen-bond acceptors (Lipinski definition) is 4. The Balaban J connectivity index is 1.55. The van der Waals surface area contributed by atoms with E-state index in [1.807, 2.05) is 43.0 Å². The molecule has 0 spiro atoms. The second-order valence-corrected chi connectivity index (χ2v) is 8.36. The van der Waals surface area contributed by atoms with Gasteiger partial charge in [0, 0.05) is 34.4 Å². The van der Waals surface area contributed by atoms with Crippen molar-refractivity contribution >= 4 is 34.3 Å². The molecule has 0 unspecified atom stereocenters. The Morgan fingerprint density at radius 2 is 2.28 bits per heavy atom. The molecule has 130 valence electrons. The summed E-state index contributed by atoms with van der Waals surface area (Å²) < 4.78 is 5.94. The Bertz CT molecular complexity index is 874. The first-order chi connectivity index (χ1) is 12.0. The lowest BCUT2D eigenvalue weighted by molar-refractivity contribution is 0.0920. The first kappa shape index (κ1) is 16.7. The van der Waals surface area contributed by atoms with E-state index in [-0.39, 0.29) is 11.9 Å². The second-order valence-electron chi connectivity index (χ2n) is 6.49. The fourth-order valence-electron chi connectivity index (χ4n) is 3.62. The molecule has 1 aliphatic heterocycles. The number of nitrogens with zero attached hydrogens (tertiary/aromatic N) is 1. The molecule has 25 heavy (non-hydrogen) atoms. The highest BCUT2D eigenvalue weighted by Gasteiger charge is 2.39. The minimum absolute atomic E-state index is 0.131. The zero-order valence-corrected chi connectivity index (χ0v) is 15.7. The van der Waals surface area contributed by atoms with Crippen LogP contribution < -0.4 is 5.32 Å². The fourth-order valence-corrected chi connectivity index (χ4v) is 5.01. The molecule has 1 amide bonds. The fraction of sp³-hybridized carbons (Fsp3) is 0.368. The minimum atomic E-state index is -0.185. The van der Waals surface area contributed by atoms with Gasteiger partial charge in [-0.1, -0.05) is 23.7 Å². The minimum Gasteiger partial charge on any atom is -0.455 e. The lowest BCUT2D eigenvalue weighted by Gasteiger charge is -2.22. The Morgan fingerprint density at radius 1 is 1.44 bits per heavy atom. The number of aryl methyl sites for hydroxylation is 1. The van der Waals surface area contributed by atoms with Gasteiger partial charge in [-0.25, -0.2) is 0 Å². The summed E-state index contributed by atoms with van der Waals surface area (Å²) in [6.45, 7) is 4.44. The zero-order valence-electron chi connectivity index (χ0n) is 14.1. The quantitative estimate of drug-likeness (QED) is 0.847. The van der Waals surface area contributed by atoms with E-state index in [0.717, 1.165) is 40.3 Å². The normalized spacial score (nSPS) is 21.5. The molecule has 2 atom stereocenters. The summed E-state index contributed by atoms with van der Waals surface area (Å²) in [5.41, 5.74) is 3.00. The van der Waals surface area contributed by atoms with E-state index in [9.17, 15) is 4.79 Å². The third kappa shape index (κ3) is 3.11. The lowest BCUT2D eigenvalue weighted by atomic mass is 9.90. The van der Waals surface area contributed by atoms with Crippen LogP contribution in [0, 0.1) is 6.92 Å². The van der Waals surface area contributed by atoms with E-state index < -0.39 is 0 Å². The van der Waals surface area contributed by atoms with Crippen molar-refractivity contribution in [1.29, 1.82) is 0 Å². The van der Waals surface area contributed by atoms with Crippen molar-refractivity contribution in [2.45, 2.75) is 44.5 Å². The number of carbonyl (C=O) groups is 1. The van der Waals surface area contributed by atoms with Crippen LogP contribution in [0.5, 0.6) is 0 Å². The predicted molar refractivity (Wildman–Crippen MR) is 102 cm³/mol. The van der Waals surface area contributed by atoms with Crippen LogP contribution in [-0.4, -0.2) is 16.2 Å². The number of carbonyl (C=O) groups excluding carboxylic acids is 1. The molecule has 4 nitrogen and oxygen atoms in total. The molecule has 0 saturated carbocycles. The van der Waals surface area contributed by atoms with Gasteiger partial charge in [0.2, 0.25) is 0 Å². The number of fused-ring (bicyclic) bond motifs is 3. The maximum Gasteiger partial charge on any atom is 0.287 e. The molecule has 0 saturated heterocycles. The number of rotatable bonds is 3. The van der Waals surface area contributed by atoms with Crippen LogP contribution >= 0.6 is 23.4 Å². The standard InChI is InChI=1S/C19H19ClN2O2S/c1-10-16-14(6-7-15-17(16)22-11(2)25-15)24-18(10)19(23)21-9-12-4-3-5-13(20)8-12/h3-5,8,15,17H,6-7,9H2,1-2H3,(H,21,23)/t15-,17-/m0/s1. The summed E-state index contributed by atoms with van der Waals surface area (Å²) in [5.74, 6) is 1.15. The van der Waals surface area contributed by atoms with Crippen LogP contribution in [0.25, 0.3) is 0 Å². The molecule has 6 heteroatoms. The predicted octanol–water partition coefficient (Wildman–Crippen LogP) is 4.69. The number of halogens is 1. The molecule has 0 fully saturated rings. The first-order valence-electron chi connectivity index (χ1n) is 8.39. The van der Waals surface area contributed by atoms with Crippen molar-refractivity contribution in [3.8, 4) is 0 Å². The van der Waals surface area contributed by atoms with E-state index in [1.165, 1.54) is 0 Å². The monoisotopic (exact) mass is 374 g/mol. The Hall–Kier alpha value is -1.72. The molecule has 0 radical (unpaired) electrons. The molecular formula is C19H19ClN2O2S.